The van der Waals surface area contributed by atoms with Crippen LogP contribution in [0.15, 0.2) is 24.3 Å². The van der Waals surface area contributed by atoms with Gasteiger partial charge < -0.3 is 9.47 Å². The molecule has 0 unspecified atom stereocenters. The molecular weight excluding hydrogens is 242 g/mol. The molecule has 0 amide bonds. The van der Waals surface area contributed by atoms with Crippen LogP contribution in [0.1, 0.15) is 23.2 Å². The highest BCUT2D eigenvalue weighted by atomic mass is 16.5. The molecule has 104 valence electrons. The van der Waals surface area contributed by atoms with Crippen molar-refractivity contribution >= 4 is 5.78 Å². The van der Waals surface area contributed by atoms with Gasteiger partial charge in [-0.25, -0.2) is 0 Å². The predicted molar refractivity (Wildman–Crippen MR) is 73.8 cm³/mol. The van der Waals surface area contributed by atoms with Gasteiger partial charge in [0.15, 0.2) is 5.78 Å². The molecule has 2 rings (SSSR count). The molecule has 0 saturated heterocycles. The minimum Gasteiger partial charge on any atom is -0.497 e. The van der Waals surface area contributed by atoms with Crippen LogP contribution in [0, 0.1) is 0 Å². The second kappa shape index (κ2) is 6.68. The fourth-order valence-corrected chi connectivity index (χ4v) is 2.11. The molecule has 4 nitrogen and oxygen atoms in total. The molecule has 4 heteroatoms. The highest BCUT2D eigenvalue weighted by Crippen LogP contribution is 2.26. The third-order valence-corrected chi connectivity index (χ3v) is 3.38. The summed E-state index contributed by atoms with van der Waals surface area (Å²) >= 11 is 0. The van der Waals surface area contributed by atoms with Crippen LogP contribution in [0.4, 0.5) is 0 Å². The number of ether oxygens (including phenoxy) is 2. The maximum absolute atomic E-state index is 12.3. The van der Waals surface area contributed by atoms with E-state index >= 15 is 0 Å². The van der Waals surface area contributed by atoms with Crippen LogP contribution in [-0.2, 0) is 4.74 Å². The summed E-state index contributed by atoms with van der Waals surface area (Å²) in [6.45, 7) is 1.94. The molecule has 1 aliphatic carbocycles. The summed E-state index contributed by atoms with van der Waals surface area (Å²) in [7, 11) is 3.30. The minimum absolute atomic E-state index is 0.141. The van der Waals surface area contributed by atoms with Crippen molar-refractivity contribution in [2.75, 3.05) is 33.9 Å². The van der Waals surface area contributed by atoms with E-state index in [1.165, 1.54) is 12.8 Å². The number of benzene rings is 1. The molecule has 0 N–H and O–H groups in total. The number of hydrogen-bond acceptors (Lipinski definition) is 4. The van der Waals surface area contributed by atoms with E-state index in [0.29, 0.717) is 24.8 Å². The number of carbonyl (C=O) groups is 1. The number of ketones is 1. The Balaban J connectivity index is 1.97. The van der Waals surface area contributed by atoms with Gasteiger partial charge in [-0.3, -0.25) is 9.69 Å². The highest BCUT2D eigenvalue weighted by Gasteiger charge is 2.30. The number of hydrogen-bond donors (Lipinski definition) is 0. The van der Waals surface area contributed by atoms with Crippen molar-refractivity contribution in [3.63, 3.8) is 0 Å². The van der Waals surface area contributed by atoms with Crippen LogP contribution in [0.2, 0.25) is 0 Å². The normalized spacial score (nSPS) is 14.7. The van der Waals surface area contributed by atoms with Gasteiger partial charge in [-0.05, 0) is 25.0 Å². The number of rotatable bonds is 8. The molecule has 19 heavy (non-hydrogen) atoms. The first kappa shape index (κ1) is 14.0. The molecule has 1 aromatic rings. The molecule has 0 atom stereocenters. The van der Waals surface area contributed by atoms with Gasteiger partial charge in [-0.15, -0.1) is 0 Å². The lowest BCUT2D eigenvalue weighted by Crippen LogP contribution is -2.34. The summed E-state index contributed by atoms with van der Waals surface area (Å²) in [6, 6.07) is 7.89. The first-order valence-corrected chi connectivity index (χ1v) is 6.65. The van der Waals surface area contributed by atoms with Crippen molar-refractivity contribution in [3.8, 4) is 5.75 Å². The molecule has 0 aromatic heterocycles. The second-order valence-electron chi connectivity index (χ2n) is 4.85. The Morgan fingerprint density at radius 2 is 2.16 bits per heavy atom. The van der Waals surface area contributed by atoms with Gasteiger partial charge >= 0.3 is 0 Å². The maximum Gasteiger partial charge on any atom is 0.176 e. The number of Topliss-reactive ketones (excluding diaryl/α,β-unsaturated/α-hetero) is 1. The van der Waals surface area contributed by atoms with E-state index in [-0.39, 0.29) is 5.78 Å². The van der Waals surface area contributed by atoms with E-state index in [9.17, 15) is 4.79 Å². The number of carbonyl (C=O) groups excluding carboxylic acids is 1. The first-order chi connectivity index (χ1) is 9.24. The van der Waals surface area contributed by atoms with E-state index in [4.69, 9.17) is 9.47 Å². The van der Waals surface area contributed by atoms with Gasteiger partial charge in [-0.1, -0.05) is 12.1 Å². The Morgan fingerprint density at radius 1 is 1.37 bits per heavy atom. The summed E-state index contributed by atoms with van der Waals surface area (Å²) in [4.78, 5) is 14.5. The van der Waals surface area contributed by atoms with Crippen LogP contribution >= 0.6 is 0 Å². The fourth-order valence-electron chi connectivity index (χ4n) is 2.11. The molecule has 1 fully saturated rings. The molecule has 1 saturated carbocycles. The summed E-state index contributed by atoms with van der Waals surface area (Å²) in [5, 5.41) is 0. The molecule has 0 heterocycles. The molecule has 0 spiro atoms. The molecule has 0 aliphatic heterocycles. The van der Waals surface area contributed by atoms with E-state index in [2.05, 4.69) is 4.90 Å². The Labute approximate surface area is 114 Å². The standard InChI is InChI=1S/C15H21NO3/c1-18-9-8-16(13-6-7-13)11-15(17)12-4-3-5-14(10-12)19-2/h3-5,10,13H,6-9,11H2,1-2H3. The average molecular weight is 263 g/mol. The van der Waals surface area contributed by atoms with Crippen LogP contribution in [0.3, 0.4) is 0 Å². The largest absolute Gasteiger partial charge is 0.497 e. The second-order valence-corrected chi connectivity index (χ2v) is 4.85. The van der Waals surface area contributed by atoms with E-state index in [1.54, 1.807) is 20.3 Å². The molecular formula is C15H21NO3. The lowest BCUT2D eigenvalue weighted by atomic mass is 10.1. The lowest BCUT2D eigenvalue weighted by molar-refractivity contribution is 0.0885. The molecule has 0 bridgehead atoms. The Morgan fingerprint density at radius 3 is 2.79 bits per heavy atom. The Hall–Kier alpha value is -1.39. The molecule has 1 aromatic carbocycles. The van der Waals surface area contributed by atoms with E-state index in [1.807, 2.05) is 18.2 Å². The van der Waals surface area contributed by atoms with Crippen molar-refractivity contribution in [3.05, 3.63) is 29.8 Å². The fraction of sp³-hybridized carbons (Fsp3) is 0.533. The van der Waals surface area contributed by atoms with Gasteiger partial charge in [0, 0.05) is 25.3 Å². The van der Waals surface area contributed by atoms with Gasteiger partial charge in [0.25, 0.3) is 0 Å². The predicted octanol–water partition coefficient (Wildman–Crippen LogP) is 1.99. The average Bonchev–Trinajstić information content (AvgIpc) is 3.27. The van der Waals surface area contributed by atoms with Gasteiger partial charge in [0.05, 0.1) is 20.3 Å². The maximum atomic E-state index is 12.3. The van der Waals surface area contributed by atoms with Crippen molar-refractivity contribution in [1.29, 1.82) is 0 Å². The number of nitrogens with zero attached hydrogens (tertiary/aromatic N) is 1. The van der Waals surface area contributed by atoms with Crippen LogP contribution in [-0.4, -0.2) is 50.6 Å². The van der Waals surface area contributed by atoms with Gasteiger partial charge in [0.1, 0.15) is 5.75 Å². The Kier molecular flexibility index (Phi) is 4.93. The third-order valence-electron chi connectivity index (χ3n) is 3.38. The topological polar surface area (TPSA) is 38.8 Å². The smallest absolute Gasteiger partial charge is 0.176 e. The molecule has 0 radical (unpaired) electrons. The quantitative estimate of drug-likeness (QED) is 0.672. The summed E-state index contributed by atoms with van der Waals surface area (Å²) in [5.41, 5.74) is 0.711. The van der Waals surface area contributed by atoms with E-state index in [0.717, 1.165) is 12.3 Å². The van der Waals surface area contributed by atoms with Crippen LogP contribution in [0.25, 0.3) is 0 Å². The van der Waals surface area contributed by atoms with Crippen molar-refractivity contribution in [2.24, 2.45) is 0 Å². The summed E-state index contributed by atoms with van der Waals surface area (Å²) < 4.78 is 10.2. The van der Waals surface area contributed by atoms with Crippen molar-refractivity contribution in [2.45, 2.75) is 18.9 Å². The first-order valence-electron chi connectivity index (χ1n) is 6.65. The third kappa shape index (κ3) is 4.04. The Bertz CT molecular complexity index is 429. The zero-order valence-electron chi connectivity index (χ0n) is 11.6. The highest BCUT2D eigenvalue weighted by molar-refractivity contribution is 5.98. The van der Waals surface area contributed by atoms with Crippen molar-refractivity contribution in [1.82, 2.24) is 4.90 Å². The van der Waals surface area contributed by atoms with Gasteiger partial charge in [0.2, 0.25) is 0 Å². The van der Waals surface area contributed by atoms with E-state index < -0.39 is 0 Å². The zero-order valence-corrected chi connectivity index (χ0v) is 11.6. The van der Waals surface area contributed by atoms with Crippen molar-refractivity contribution < 1.29 is 14.3 Å². The van der Waals surface area contributed by atoms with Crippen LogP contribution < -0.4 is 4.74 Å². The lowest BCUT2D eigenvalue weighted by Gasteiger charge is -2.20. The summed E-state index contributed by atoms with van der Waals surface area (Å²) in [5.74, 6) is 0.864. The minimum atomic E-state index is 0.141. The molecule has 1 aliphatic rings. The van der Waals surface area contributed by atoms with Crippen LogP contribution in [0.5, 0.6) is 5.75 Å². The number of methoxy groups -OCH3 is 2. The zero-order chi connectivity index (χ0) is 13.7. The van der Waals surface area contributed by atoms with Gasteiger partial charge in [-0.2, -0.15) is 0 Å². The summed E-state index contributed by atoms with van der Waals surface area (Å²) in [6.07, 6.45) is 2.38. The monoisotopic (exact) mass is 263 g/mol. The SMILES string of the molecule is COCCN(CC(=O)c1cccc(OC)c1)C1CC1.